The van der Waals surface area contributed by atoms with Crippen molar-refractivity contribution in [1.82, 2.24) is 0 Å². The van der Waals surface area contributed by atoms with Gasteiger partial charge >= 0.3 is 0 Å². The number of ether oxygens (including phenoxy) is 1. The maximum Gasteiger partial charge on any atom is 0.122 e. The lowest BCUT2D eigenvalue weighted by Crippen LogP contribution is -2.10. The van der Waals surface area contributed by atoms with Gasteiger partial charge in [0.25, 0.3) is 0 Å². The number of rotatable bonds is 2. The van der Waals surface area contributed by atoms with Gasteiger partial charge in [0.2, 0.25) is 0 Å². The van der Waals surface area contributed by atoms with E-state index < -0.39 is 0 Å². The van der Waals surface area contributed by atoms with Gasteiger partial charge < -0.3 is 16.2 Å². The first-order valence-corrected chi connectivity index (χ1v) is 3.80. The zero-order chi connectivity index (χ0) is 10.3. The summed E-state index contributed by atoms with van der Waals surface area (Å²) >= 11 is 0. The lowest BCUT2D eigenvalue weighted by molar-refractivity contribution is 0.415. The van der Waals surface area contributed by atoms with Crippen molar-refractivity contribution in [3.8, 4) is 5.75 Å². The molecule has 0 atom stereocenters. The summed E-state index contributed by atoms with van der Waals surface area (Å²) in [6, 6.07) is 7.05. The van der Waals surface area contributed by atoms with Crippen LogP contribution in [-0.4, -0.2) is 20.0 Å². The van der Waals surface area contributed by atoms with Crippen LogP contribution in [0.25, 0.3) is 0 Å². The van der Waals surface area contributed by atoms with Gasteiger partial charge in [-0.05, 0) is 31.3 Å². The van der Waals surface area contributed by atoms with Crippen molar-refractivity contribution in [1.29, 1.82) is 5.41 Å². The van der Waals surface area contributed by atoms with Gasteiger partial charge in [0, 0.05) is 5.56 Å². The molecular weight excluding hydrogens is 166 g/mol. The Morgan fingerprint density at radius 3 is 2.00 bits per heavy atom. The molecule has 0 radical (unpaired) electrons. The Hall–Kier alpha value is -1.55. The molecule has 0 spiro atoms. The Morgan fingerprint density at radius 2 is 1.69 bits per heavy atom. The molecule has 72 valence electrons. The molecule has 13 heavy (non-hydrogen) atoms. The topological polar surface area (TPSA) is 85.1 Å². The van der Waals surface area contributed by atoms with Gasteiger partial charge in [-0.15, -0.1) is 0 Å². The third-order valence-electron chi connectivity index (χ3n) is 1.40. The monoisotopic (exact) mass is 181 g/mol. The molecule has 0 unspecified atom stereocenters. The molecule has 0 aliphatic carbocycles. The molecule has 0 amide bonds. The molecule has 4 heteroatoms. The van der Waals surface area contributed by atoms with Crippen LogP contribution in [0.15, 0.2) is 24.3 Å². The van der Waals surface area contributed by atoms with Gasteiger partial charge in [0.05, 0.1) is 7.11 Å². The molecule has 1 aromatic carbocycles. The summed E-state index contributed by atoms with van der Waals surface area (Å²) in [6.45, 7) is 0. The van der Waals surface area contributed by atoms with E-state index >= 15 is 0 Å². The molecule has 0 heterocycles. The molecule has 0 bridgehead atoms. The molecule has 0 aliphatic rings. The molecule has 0 aliphatic heterocycles. The highest BCUT2D eigenvalue weighted by Crippen LogP contribution is 2.10. The molecule has 1 rings (SSSR count). The highest BCUT2D eigenvalue weighted by atomic mass is 16.5. The van der Waals surface area contributed by atoms with E-state index in [2.05, 4.69) is 5.73 Å². The number of hydrogen-bond donors (Lipinski definition) is 3. The zero-order valence-electron chi connectivity index (χ0n) is 7.87. The first-order valence-electron chi connectivity index (χ1n) is 3.80. The fourth-order valence-electron chi connectivity index (χ4n) is 0.771. The molecule has 0 saturated heterocycles. The van der Waals surface area contributed by atoms with Gasteiger partial charge in [-0.3, -0.25) is 5.41 Å². The standard InChI is InChI=1S/C8H10N2O.CH5N/c1-11-7-4-2-6(3-5-7)8(9)10;1-2/h2-5H,1H3,(H3,9,10);2H2,1H3. The van der Waals surface area contributed by atoms with Crippen LogP contribution < -0.4 is 16.2 Å². The first-order chi connectivity index (χ1) is 6.24. The predicted molar refractivity (Wildman–Crippen MR) is 54.1 cm³/mol. The number of methoxy groups -OCH3 is 1. The van der Waals surface area contributed by atoms with E-state index in [1.54, 1.807) is 31.4 Å². The minimum Gasteiger partial charge on any atom is -0.497 e. The Bertz CT molecular complexity index is 256. The van der Waals surface area contributed by atoms with Gasteiger partial charge in [-0.25, -0.2) is 0 Å². The second kappa shape index (κ2) is 6.02. The SMILES string of the molecule is CN.COc1ccc(C(=N)N)cc1. The zero-order valence-corrected chi connectivity index (χ0v) is 7.87. The van der Waals surface area contributed by atoms with Crippen LogP contribution in [0.5, 0.6) is 5.75 Å². The quantitative estimate of drug-likeness (QED) is 0.460. The van der Waals surface area contributed by atoms with E-state index in [9.17, 15) is 0 Å². The van der Waals surface area contributed by atoms with E-state index in [0.717, 1.165) is 5.75 Å². The molecule has 0 saturated carbocycles. The Labute approximate surface area is 78.0 Å². The minimum absolute atomic E-state index is 0.0765. The Morgan fingerprint density at radius 1 is 1.23 bits per heavy atom. The minimum atomic E-state index is 0.0765. The highest BCUT2D eigenvalue weighted by molar-refractivity contribution is 5.94. The van der Waals surface area contributed by atoms with E-state index in [1.807, 2.05) is 0 Å². The Balaban J connectivity index is 0.000000671. The van der Waals surface area contributed by atoms with Crippen molar-refractivity contribution in [3.05, 3.63) is 29.8 Å². The summed E-state index contributed by atoms with van der Waals surface area (Å²) in [5.41, 5.74) is 10.5. The number of nitrogen functional groups attached to an aromatic ring is 1. The van der Waals surface area contributed by atoms with E-state index in [1.165, 1.54) is 7.05 Å². The fraction of sp³-hybridized carbons (Fsp3) is 0.222. The second-order valence-electron chi connectivity index (χ2n) is 2.14. The molecule has 1 aromatic rings. The van der Waals surface area contributed by atoms with Crippen LogP contribution in [-0.2, 0) is 0 Å². The van der Waals surface area contributed by atoms with Gasteiger partial charge in [0.15, 0.2) is 0 Å². The summed E-state index contributed by atoms with van der Waals surface area (Å²) in [5, 5.41) is 7.10. The van der Waals surface area contributed by atoms with Gasteiger partial charge in [0.1, 0.15) is 11.6 Å². The van der Waals surface area contributed by atoms with Crippen LogP contribution in [0.4, 0.5) is 0 Å². The molecule has 0 aromatic heterocycles. The van der Waals surface area contributed by atoms with Crippen LogP contribution in [0.3, 0.4) is 0 Å². The van der Waals surface area contributed by atoms with Crippen LogP contribution >= 0.6 is 0 Å². The third kappa shape index (κ3) is 3.57. The van der Waals surface area contributed by atoms with Crippen molar-refractivity contribution < 1.29 is 4.74 Å². The largest absolute Gasteiger partial charge is 0.497 e. The lowest BCUT2D eigenvalue weighted by atomic mass is 10.2. The van der Waals surface area contributed by atoms with Crippen molar-refractivity contribution in [2.75, 3.05) is 14.2 Å². The first kappa shape index (κ1) is 11.4. The number of hydrogen-bond acceptors (Lipinski definition) is 3. The highest BCUT2D eigenvalue weighted by Gasteiger charge is 1.94. The maximum atomic E-state index is 7.10. The number of benzene rings is 1. The molecule has 5 N–H and O–H groups in total. The summed E-state index contributed by atoms with van der Waals surface area (Å²) in [7, 11) is 3.10. The summed E-state index contributed by atoms with van der Waals surface area (Å²) in [5.74, 6) is 0.850. The summed E-state index contributed by atoms with van der Waals surface area (Å²) < 4.78 is 4.94. The fourth-order valence-corrected chi connectivity index (χ4v) is 0.771. The normalized spacial score (nSPS) is 8.23. The van der Waals surface area contributed by atoms with E-state index in [-0.39, 0.29) is 5.84 Å². The molecule has 4 nitrogen and oxygen atoms in total. The van der Waals surface area contributed by atoms with Crippen molar-refractivity contribution in [2.24, 2.45) is 11.5 Å². The van der Waals surface area contributed by atoms with Crippen LogP contribution in [0.2, 0.25) is 0 Å². The number of amidine groups is 1. The van der Waals surface area contributed by atoms with Crippen molar-refractivity contribution in [3.63, 3.8) is 0 Å². The number of nitrogens with one attached hydrogen (secondary N) is 1. The smallest absolute Gasteiger partial charge is 0.122 e. The second-order valence-corrected chi connectivity index (χ2v) is 2.14. The maximum absolute atomic E-state index is 7.10. The number of nitrogens with two attached hydrogens (primary N) is 2. The average molecular weight is 181 g/mol. The molecular formula is C9H15N3O. The Kier molecular flexibility index (Phi) is 5.30. The van der Waals surface area contributed by atoms with Crippen LogP contribution in [0, 0.1) is 5.41 Å². The summed E-state index contributed by atoms with van der Waals surface area (Å²) in [4.78, 5) is 0. The molecule has 0 fully saturated rings. The van der Waals surface area contributed by atoms with Gasteiger partial charge in [-0.2, -0.15) is 0 Å². The lowest BCUT2D eigenvalue weighted by Gasteiger charge is -2.00. The van der Waals surface area contributed by atoms with Gasteiger partial charge in [-0.1, -0.05) is 0 Å². The predicted octanol–water partition coefficient (Wildman–Crippen LogP) is 0.554. The average Bonchev–Trinajstić information content (AvgIpc) is 2.21. The van der Waals surface area contributed by atoms with Crippen molar-refractivity contribution in [2.45, 2.75) is 0 Å². The van der Waals surface area contributed by atoms with Crippen molar-refractivity contribution >= 4 is 5.84 Å². The van der Waals surface area contributed by atoms with E-state index in [4.69, 9.17) is 15.9 Å². The third-order valence-corrected chi connectivity index (χ3v) is 1.40. The van der Waals surface area contributed by atoms with Crippen LogP contribution in [0.1, 0.15) is 5.56 Å². The summed E-state index contributed by atoms with van der Waals surface area (Å²) in [6.07, 6.45) is 0. The van der Waals surface area contributed by atoms with E-state index in [0.29, 0.717) is 5.56 Å².